The molecule has 0 unspecified atom stereocenters. The van der Waals surface area contributed by atoms with E-state index < -0.39 is 9.84 Å². The van der Waals surface area contributed by atoms with Crippen LogP contribution in [-0.4, -0.2) is 37.3 Å². The van der Waals surface area contributed by atoms with Crippen LogP contribution in [0.3, 0.4) is 0 Å². The third-order valence-electron chi connectivity index (χ3n) is 4.53. The van der Waals surface area contributed by atoms with Crippen molar-refractivity contribution in [2.24, 2.45) is 0 Å². The maximum Gasteiger partial charge on any atom is 0.190 e. The van der Waals surface area contributed by atoms with Gasteiger partial charge in [0.05, 0.1) is 28.2 Å². The summed E-state index contributed by atoms with van der Waals surface area (Å²) >= 11 is 1.59. The zero-order chi connectivity index (χ0) is 21.9. The summed E-state index contributed by atoms with van der Waals surface area (Å²) in [5.41, 5.74) is 3.73. The molecule has 3 aromatic rings. The van der Waals surface area contributed by atoms with Crippen molar-refractivity contribution in [3.05, 3.63) is 53.2 Å². The lowest BCUT2D eigenvalue weighted by Gasteiger charge is -2.20. The van der Waals surface area contributed by atoms with Gasteiger partial charge in [0, 0.05) is 35.9 Å². The van der Waals surface area contributed by atoms with Crippen LogP contribution in [0.15, 0.2) is 47.5 Å². The Morgan fingerprint density at radius 3 is 2.43 bits per heavy atom. The van der Waals surface area contributed by atoms with Crippen LogP contribution in [-0.2, 0) is 21.2 Å². The molecule has 160 valence electrons. The molecule has 0 bridgehead atoms. The lowest BCUT2D eigenvalue weighted by Crippen LogP contribution is -2.15. The van der Waals surface area contributed by atoms with Gasteiger partial charge in [0.15, 0.2) is 15.0 Å². The van der Waals surface area contributed by atoms with Crippen LogP contribution in [0, 0.1) is 6.92 Å². The summed E-state index contributed by atoms with van der Waals surface area (Å²) in [5, 5.41) is 0.844. The molecule has 0 saturated heterocycles. The molecule has 8 heteroatoms. The van der Waals surface area contributed by atoms with Crippen LogP contribution in [0.25, 0.3) is 11.3 Å². The Morgan fingerprint density at radius 2 is 1.87 bits per heavy atom. The van der Waals surface area contributed by atoms with Gasteiger partial charge in [-0.3, -0.25) is 4.98 Å². The average Bonchev–Trinajstić information content (AvgIpc) is 3.10. The molecule has 0 aliphatic rings. The van der Waals surface area contributed by atoms with E-state index >= 15 is 0 Å². The molecule has 0 saturated carbocycles. The van der Waals surface area contributed by atoms with Gasteiger partial charge < -0.3 is 9.64 Å². The van der Waals surface area contributed by atoms with E-state index in [-0.39, 0.29) is 6.10 Å². The SMILES string of the molecule is CCN(c1ccc(S(C)(=O)=O)cc1)c1nc(-c2ccnc(C)c2)c(COC(C)C)s1. The molecule has 1 aromatic carbocycles. The standard InChI is InChI=1S/C22H27N3O3S2/c1-6-25(18-7-9-19(10-8-18)30(5,26)27)22-24-21(17-11-12-23-16(4)13-17)20(29-22)14-28-15(2)3/h7-13,15H,6,14H2,1-5H3. The number of aromatic nitrogens is 2. The Bertz CT molecular complexity index is 1110. The van der Waals surface area contributed by atoms with Crippen LogP contribution in [0.2, 0.25) is 0 Å². The Labute approximate surface area is 182 Å². The van der Waals surface area contributed by atoms with E-state index in [4.69, 9.17) is 9.72 Å². The van der Waals surface area contributed by atoms with Gasteiger partial charge in [-0.05, 0) is 64.1 Å². The van der Waals surface area contributed by atoms with E-state index in [2.05, 4.69) is 9.88 Å². The van der Waals surface area contributed by atoms with Crippen LogP contribution in [0.1, 0.15) is 31.3 Å². The number of thiazole rings is 1. The van der Waals surface area contributed by atoms with Crippen molar-refractivity contribution in [2.45, 2.75) is 45.3 Å². The average molecular weight is 446 g/mol. The van der Waals surface area contributed by atoms with E-state index in [1.807, 2.05) is 52.0 Å². The highest BCUT2D eigenvalue weighted by Crippen LogP contribution is 2.37. The highest BCUT2D eigenvalue weighted by molar-refractivity contribution is 7.90. The molecule has 0 amide bonds. The van der Waals surface area contributed by atoms with Crippen molar-refractivity contribution in [3.63, 3.8) is 0 Å². The fourth-order valence-corrected chi connectivity index (χ4v) is 4.73. The number of ether oxygens (including phenoxy) is 1. The maximum absolute atomic E-state index is 11.8. The molecule has 2 aromatic heterocycles. The van der Waals surface area contributed by atoms with Gasteiger partial charge in [-0.1, -0.05) is 11.3 Å². The normalized spacial score (nSPS) is 11.8. The zero-order valence-corrected chi connectivity index (χ0v) is 19.5. The fourth-order valence-electron chi connectivity index (χ4n) is 3.01. The number of nitrogens with zero attached hydrogens (tertiary/aromatic N) is 3. The van der Waals surface area contributed by atoms with Crippen molar-refractivity contribution >= 4 is 32.0 Å². The minimum Gasteiger partial charge on any atom is -0.373 e. The maximum atomic E-state index is 11.8. The van der Waals surface area contributed by atoms with Crippen LogP contribution < -0.4 is 4.90 Å². The highest BCUT2D eigenvalue weighted by Gasteiger charge is 2.19. The summed E-state index contributed by atoms with van der Waals surface area (Å²) in [7, 11) is -3.23. The van der Waals surface area contributed by atoms with Gasteiger partial charge in [-0.15, -0.1) is 0 Å². The smallest absolute Gasteiger partial charge is 0.190 e. The minimum atomic E-state index is -3.23. The second-order valence-corrected chi connectivity index (χ2v) is 10.4. The molecule has 0 atom stereocenters. The number of anilines is 2. The molecule has 0 fully saturated rings. The second kappa shape index (κ2) is 9.24. The molecule has 0 radical (unpaired) electrons. The van der Waals surface area contributed by atoms with E-state index in [0.717, 1.165) is 32.6 Å². The fraction of sp³-hybridized carbons (Fsp3) is 0.364. The van der Waals surface area contributed by atoms with Gasteiger partial charge in [0.25, 0.3) is 0 Å². The molecule has 30 heavy (non-hydrogen) atoms. The van der Waals surface area contributed by atoms with Crippen LogP contribution in [0.5, 0.6) is 0 Å². The van der Waals surface area contributed by atoms with E-state index in [1.165, 1.54) is 6.26 Å². The number of hydrogen-bond donors (Lipinski definition) is 0. The van der Waals surface area contributed by atoms with Gasteiger partial charge in [0.2, 0.25) is 0 Å². The first-order chi connectivity index (χ1) is 14.2. The van der Waals surface area contributed by atoms with Crippen LogP contribution in [0.4, 0.5) is 10.8 Å². The first-order valence-electron chi connectivity index (χ1n) is 9.81. The van der Waals surface area contributed by atoms with Crippen LogP contribution >= 0.6 is 11.3 Å². The summed E-state index contributed by atoms with van der Waals surface area (Å²) in [4.78, 5) is 12.7. The number of sulfone groups is 1. The highest BCUT2D eigenvalue weighted by atomic mass is 32.2. The van der Waals surface area contributed by atoms with Gasteiger partial charge >= 0.3 is 0 Å². The predicted octanol–water partition coefficient (Wildman–Crippen LogP) is 5.00. The van der Waals surface area contributed by atoms with Crippen molar-refractivity contribution in [1.29, 1.82) is 0 Å². The number of pyridine rings is 1. The Kier molecular flexibility index (Phi) is 6.90. The Hall–Kier alpha value is -2.29. The van der Waals surface area contributed by atoms with Gasteiger partial charge in [-0.2, -0.15) is 0 Å². The molecule has 0 aliphatic carbocycles. The zero-order valence-electron chi connectivity index (χ0n) is 17.9. The quantitative estimate of drug-likeness (QED) is 0.486. The molecular weight excluding hydrogens is 418 g/mol. The van der Waals surface area contributed by atoms with E-state index in [0.29, 0.717) is 18.0 Å². The first kappa shape index (κ1) is 22.4. The number of rotatable bonds is 8. The second-order valence-electron chi connectivity index (χ2n) is 7.32. The molecular formula is C22H27N3O3S2. The number of benzene rings is 1. The first-order valence-corrected chi connectivity index (χ1v) is 12.5. The summed E-state index contributed by atoms with van der Waals surface area (Å²) in [6.45, 7) is 9.22. The predicted molar refractivity (Wildman–Crippen MR) is 122 cm³/mol. The Balaban J connectivity index is 2.02. The summed E-state index contributed by atoms with van der Waals surface area (Å²) < 4.78 is 29.4. The third kappa shape index (κ3) is 5.24. The monoisotopic (exact) mass is 445 g/mol. The largest absolute Gasteiger partial charge is 0.373 e. The summed E-state index contributed by atoms with van der Waals surface area (Å²) in [6.07, 6.45) is 3.12. The lowest BCUT2D eigenvalue weighted by atomic mass is 10.1. The van der Waals surface area contributed by atoms with E-state index in [9.17, 15) is 8.42 Å². The molecule has 2 heterocycles. The molecule has 0 spiro atoms. The van der Waals surface area contributed by atoms with Crippen molar-refractivity contribution in [3.8, 4) is 11.3 Å². The van der Waals surface area contributed by atoms with Crippen molar-refractivity contribution < 1.29 is 13.2 Å². The molecule has 0 aliphatic heterocycles. The van der Waals surface area contributed by atoms with Gasteiger partial charge in [-0.25, -0.2) is 13.4 Å². The number of aryl methyl sites for hydroxylation is 1. The molecule has 0 N–H and O–H groups in total. The number of hydrogen-bond acceptors (Lipinski definition) is 7. The van der Waals surface area contributed by atoms with Crippen molar-refractivity contribution in [2.75, 3.05) is 17.7 Å². The minimum absolute atomic E-state index is 0.119. The van der Waals surface area contributed by atoms with Gasteiger partial charge in [0.1, 0.15) is 0 Å². The topological polar surface area (TPSA) is 72.4 Å². The summed E-state index contributed by atoms with van der Waals surface area (Å²) in [5.74, 6) is 0. The Morgan fingerprint density at radius 1 is 1.17 bits per heavy atom. The summed E-state index contributed by atoms with van der Waals surface area (Å²) in [6, 6.07) is 10.9. The molecule has 3 rings (SSSR count). The third-order valence-corrected chi connectivity index (χ3v) is 6.71. The van der Waals surface area contributed by atoms with E-state index in [1.54, 1.807) is 29.7 Å². The van der Waals surface area contributed by atoms with Crippen molar-refractivity contribution in [1.82, 2.24) is 9.97 Å². The molecule has 6 nitrogen and oxygen atoms in total. The lowest BCUT2D eigenvalue weighted by molar-refractivity contribution is 0.0676.